The van der Waals surface area contributed by atoms with E-state index >= 15 is 0 Å². The fraction of sp³-hybridized carbons (Fsp3) is 0.312. The van der Waals surface area contributed by atoms with Crippen LogP contribution >= 0.6 is 0 Å². The second-order valence-corrected chi connectivity index (χ2v) is 5.14. The number of nitrogens with zero attached hydrogens (tertiary/aromatic N) is 1. The molecule has 1 aliphatic rings. The van der Waals surface area contributed by atoms with Gasteiger partial charge in [-0.2, -0.15) is 4.39 Å². The molecular weight excluding hydrogens is 271 g/mol. The largest absolute Gasteiger partial charge is 0.454 e. The summed E-state index contributed by atoms with van der Waals surface area (Å²) in [6.07, 6.45) is 3.39. The zero-order chi connectivity index (χ0) is 14.7. The molecule has 21 heavy (non-hydrogen) atoms. The second kappa shape index (κ2) is 5.99. The van der Waals surface area contributed by atoms with Crippen molar-refractivity contribution in [3.8, 4) is 11.5 Å². The number of aryl methyl sites for hydroxylation is 1. The van der Waals surface area contributed by atoms with Crippen molar-refractivity contribution < 1.29 is 13.9 Å². The van der Waals surface area contributed by atoms with Crippen LogP contribution < -0.4 is 14.8 Å². The minimum Gasteiger partial charge on any atom is -0.454 e. The van der Waals surface area contributed by atoms with Crippen LogP contribution in [-0.2, 0) is 6.42 Å². The van der Waals surface area contributed by atoms with E-state index in [0.717, 1.165) is 30.0 Å². The Balaban J connectivity index is 1.53. The number of anilines is 1. The Kier molecular flexibility index (Phi) is 3.90. The van der Waals surface area contributed by atoms with Crippen LogP contribution in [0.15, 0.2) is 36.5 Å². The Morgan fingerprint density at radius 3 is 2.90 bits per heavy atom. The van der Waals surface area contributed by atoms with E-state index in [0.29, 0.717) is 6.79 Å². The third kappa shape index (κ3) is 3.42. The highest BCUT2D eigenvalue weighted by atomic mass is 19.1. The number of nitrogens with one attached hydrogen (secondary N) is 1. The van der Waals surface area contributed by atoms with Crippen LogP contribution in [0.2, 0.25) is 0 Å². The van der Waals surface area contributed by atoms with Gasteiger partial charge in [0.1, 0.15) is 0 Å². The lowest BCUT2D eigenvalue weighted by Gasteiger charge is -2.15. The highest BCUT2D eigenvalue weighted by Gasteiger charge is 2.13. The summed E-state index contributed by atoms with van der Waals surface area (Å²) in [5.41, 5.74) is 2.04. The summed E-state index contributed by atoms with van der Waals surface area (Å²) in [7, 11) is 0. The molecule has 0 spiro atoms. The summed E-state index contributed by atoms with van der Waals surface area (Å²) in [4.78, 5) is 3.63. The van der Waals surface area contributed by atoms with Gasteiger partial charge in [-0.1, -0.05) is 6.07 Å². The number of ether oxygens (including phenoxy) is 2. The first-order valence-electron chi connectivity index (χ1n) is 6.97. The van der Waals surface area contributed by atoms with Crippen LogP contribution in [-0.4, -0.2) is 17.8 Å². The third-order valence-electron chi connectivity index (χ3n) is 3.44. The topological polar surface area (TPSA) is 43.4 Å². The lowest BCUT2D eigenvalue weighted by Crippen LogP contribution is -2.16. The normalized spacial score (nSPS) is 14.0. The molecule has 0 saturated heterocycles. The van der Waals surface area contributed by atoms with Gasteiger partial charge in [0.2, 0.25) is 12.7 Å². The molecular formula is C16H17FN2O2. The molecule has 0 aliphatic carbocycles. The number of fused-ring (bicyclic) bond motifs is 1. The lowest BCUT2D eigenvalue weighted by atomic mass is 10.1. The zero-order valence-corrected chi connectivity index (χ0v) is 11.8. The number of hydrogen-bond donors (Lipinski definition) is 1. The van der Waals surface area contributed by atoms with Gasteiger partial charge in [0.05, 0.1) is 11.9 Å². The number of pyridine rings is 1. The molecule has 2 aromatic rings. The third-order valence-corrected chi connectivity index (χ3v) is 3.44. The van der Waals surface area contributed by atoms with E-state index in [4.69, 9.17) is 9.47 Å². The molecule has 0 saturated carbocycles. The molecule has 1 N–H and O–H groups in total. The van der Waals surface area contributed by atoms with Gasteiger partial charge in [-0.3, -0.25) is 0 Å². The minimum absolute atomic E-state index is 0.266. The summed E-state index contributed by atoms with van der Waals surface area (Å²) in [6.45, 7) is 2.39. The Labute approximate surface area is 122 Å². The average molecular weight is 288 g/mol. The maximum Gasteiger partial charge on any atom is 0.231 e. The fourth-order valence-electron chi connectivity index (χ4n) is 2.30. The molecule has 1 atom stereocenters. The first kappa shape index (κ1) is 13.7. The van der Waals surface area contributed by atoms with Gasteiger partial charge in [-0.05, 0) is 49.6 Å². The molecule has 5 heteroatoms. The highest BCUT2D eigenvalue weighted by Crippen LogP contribution is 2.32. The van der Waals surface area contributed by atoms with Crippen LogP contribution in [0, 0.1) is 5.95 Å². The first-order chi connectivity index (χ1) is 10.2. The van der Waals surface area contributed by atoms with Gasteiger partial charge in [0.15, 0.2) is 11.5 Å². The van der Waals surface area contributed by atoms with E-state index in [1.54, 1.807) is 6.07 Å². The summed E-state index contributed by atoms with van der Waals surface area (Å²) < 4.78 is 23.4. The molecule has 1 aromatic heterocycles. The molecule has 3 rings (SSSR count). The highest BCUT2D eigenvalue weighted by molar-refractivity contribution is 5.44. The smallest absolute Gasteiger partial charge is 0.231 e. The molecule has 110 valence electrons. The van der Waals surface area contributed by atoms with Gasteiger partial charge in [0, 0.05) is 6.04 Å². The van der Waals surface area contributed by atoms with Crippen LogP contribution in [0.5, 0.6) is 11.5 Å². The molecule has 4 nitrogen and oxygen atoms in total. The standard InChI is InChI=1S/C16H17FN2O2/c1-11(19-13-5-7-16(17)18-9-13)2-3-12-4-6-14-15(8-12)21-10-20-14/h4-9,11,19H,2-3,10H2,1H3. The molecule has 2 heterocycles. The number of halogens is 1. The van der Waals surface area contributed by atoms with Crippen LogP contribution in [0.4, 0.5) is 10.1 Å². The van der Waals surface area contributed by atoms with Gasteiger partial charge < -0.3 is 14.8 Å². The van der Waals surface area contributed by atoms with Crippen molar-refractivity contribution in [3.05, 3.63) is 48.0 Å². The Morgan fingerprint density at radius 2 is 2.10 bits per heavy atom. The maximum absolute atomic E-state index is 12.7. The van der Waals surface area contributed by atoms with Crippen LogP contribution in [0.25, 0.3) is 0 Å². The summed E-state index contributed by atoms with van der Waals surface area (Å²) in [5.74, 6) is 1.16. The molecule has 1 aromatic carbocycles. The summed E-state index contributed by atoms with van der Waals surface area (Å²) in [5, 5.41) is 3.31. The number of hydrogen-bond acceptors (Lipinski definition) is 4. The van der Waals surface area contributed by atoms with Crippen molar-refractivity contribution in [2.45, 2.75) is 25.8 Å². The van der Waals surface area contributed by atoms with Gasteiger partial charge in [-0.15, -0.1) is 0 Å². The van der Waals surface area contributed by atoms with Crippen molar-refractivity contribution in [2.75, 3.05) is 12.1 Å². The quantitative estimate of drug-likeness (QED) is 0.857. The summed E-state index contributed by atoms with van der Waals surface area (Å²) >= 11 is 0. The Hall–Kier alpha value is -2.30. The summed E-state index contributed by atoms with van der Waals surface area (Å²) in [6, 6.07) is 9.34. The Bertz CT molecular complexity index is 616. The minimum atomic E-state index is -0.464. The molecule has 0 radical (unpaired) electrons. The fourth-order valence-corrected chi connectivity index (χ4v) is 2.30. The van der Waals surface area contributed by atoms with Gasteiger partial charge >= 0.3 is 0 Å². The average Bonchev–Trinajstić information content (AvgIpc) is 2.95. The van der Waals surface area contributed by atoms with E-state index < -0.39 is 5.95 Å². The van der Waals surface area contributed by atoms with E-state index in [-0.39, 0.29) is 6.04 Å². The van der Waals surface area contributed by atoms with Crippen molar-refractivity contribution in [3.63, 3.8) is 0 Å². The van der Waals surface area contributed by atoms with E-state index in [9.17, 15) is 4.39 Å². The van der Waals surface area contributed by atoms with Crippen molar-refractivity contribution >= 4 is 5.69 Å². The van der Waals surface area contributed by atoms with Crippen molar-refractivity contribution in [1.29, 1.82) is 0 Å². The van der Waals surface area contributed by atoms with Crippen LogP contribution in [0.3, 0.4) is 0 Å². The van der Waals surface area contributed by atoms with Crippen molar-refractivity contribution in [1.82, 2.24) is 4.98 Å². The molecule has 0 fully saturated rings. The monoisotopic (exact) mass is 288 g/mol. The van der Waals surface area contributed by atoms with Gasteiger partial charge in [0.25, 0.3) is 0 Å². The maximum atomic E-state index is 12.7. The molecule has 1 aliphatic heterocycles. The molecule has 0 bridgehead atoms. The van der Waals surface area contributed by atoms with Crippen molar-refractivity contribution in [2.24, 2.45) is 0 Å². The zero-order valence-electron chi connectivity index (χ0n) is 11.8. The lowest BCUT2D eigenvalue weighted by molar-refractivity contribution is 0.174. The van der Waals surface area contributed by atoms with E-state index in [1.807, 2.05) is 12.1 Å². The molecule has 0 amide bonds. The SMILES string of the molecule is CC(CCc1ccc2c(c1)OCO2)Nc1ccc(F)nc1. The van der Waals surface area contributed by atoms with Gasteiger partial charge in [-0.25, -0.2) is 4.98 Å². The number of rotatable bonds is 5. The van der Waals surface area contributed by atoms with E-state index in [1.165, 1.54) is 17.8 Å². The Morgan fingerprint density at radius 1 is 1.24 bits per heavy atom. The predicted molar refractivity (Wildman–Crippen MR) is 78.2 cm³/mol. The molecule has 1 unspecified atom stereocenters. The number of aromatic nitrogens is 1. The number of benzene rings is 1. The predicted octanol–water partition coefficient (Wildman–Crippen LogP) is 3.38. The first-order valence-corrected chi connectivity index (χ1v) is 6.97. The van der Waals surface area contributed by atoms with E-state index in [2.05, 4.69) is 23.3 Å². The second-order valence-electron chi connectivity index (χ2n) is 5.14. The van der Waals surface area contributed by atoms with Crippen LogP contribution in [0.1, 0.15) is 18.9 Å².